The fraction of sp³-hybridized carbons (Fsp3) is 0.625. The van der Waals surface area contributed by atoms with E-state index in [2.05, 4.69) is 50.4 Å². The maximum absolute atomic E-state index is 5.62. The van der Waals surface area contributed by atoms with E-state index in [1.807, 2.05) is 11.8 Å². The largest absolute Gasteiger partial charge is 0.377 e. The molecular weight excluding hydrogens is 254 g/mol. The van der Waals surface area contributed by atoms with Crippen molar-refractivity contribution in [3.8, 4) is 0 Å². The van der Waals surface area contributed by atoms with E-state index in [0.29, 0.717) is 17.4 Å². The first-order chi connectivity index (χ1) is 9.24. The van der Waals surface area contributed by atoms with Gasteiger partial charge in [0.25, 0.3) is 0 Å². The van der Waals surface area contributed by atoms with Crippen molar-refractivity contribution in [2.24, 2.45) is 0 Å². The minimum absolute atomic E-state index is 0.384. The Morgan fingerprint density at radius 1 is 1.32 bits per heavy atom. The van der Waals surface area contributed by atoms with Crippen LogP contribution >= 0.6 is 11.8 Å². The second-order valence-electron chi connectivity index (χ2n) is 5.11. The first kappa shape index (κ1) is 14.9. The van der Waals surface area contributed by atoms with Gasteiger partial charge in [0.1, 0.15) is 0 Å². The Hall–Kier alpha value is -0.510. The van der Waals surface area contributed by atoms with Crippen molar-refractivity contribution in [2.75, 3.05) is 13.2 Å². The molecule has 0 radical (unpaired) electrons. The highest BCUT2D eigenvalue weighted by molar-refractivity contribution is 8.00. The number of hydrogen-bond acceptors (Lipinski definition) is 3. The molecule has 3 unspecified atom stereocenters. The number of thioether (sulfide) groups is 1. The summed E-state index contributed by atoms with van der Waals surface area (Å²) < 4.78 is 5.62. The average molecular weight is 279 g/mol. The van der Waals surface area contributed by atoms with Crippen molar-refractivity contribution in [3.63, 3.8) is 0 Å². The van der Waals surface area contributed by atoms with E-state index in [0.717, 1.165) is 19.6 Å². The first-order valence-corrected chi connectivity index (χ1v) is 8.24. The van der Waals surface area contributed by atoms with Gasteiger partial charge in [0, 0.05) is 22.8 Å². The van der Waals surface area contributed by atoms with Crippen LogP contribution in [0.15, 0.2) is 29.2 Å². The number of benzene rings is 1. The van der Waals surface area contributed by atoms with Crippen LogP contribution < -0.4 is 5.32 Å². The van der Waals surface area contributed by atoms with E-state index in [4.69, 9.17) is 4.74 Å². The summed E-state index contributed by atoms with van der Waals surface area (Å²) in [7, 11) is 0. The van der Waals surface area contributed by atoms with Crippen molar-refractivity contribution in [1.82, 2.24) is 5.32 Å². The van der Waals surface area contributed by atoms with Gasteiger partial charge >= 0.3 is 0 Å². The monoisotopic (exact) mass is 279 g/mol. The topological polar surface area (TPSA) is 21.3 Å². The molecule has 19 heavy (non-hydrogen) atoms. The van der Waals surface area contributed by atoms with Crippen molar-refractivity contribution in [1.29, 1.82) is 0 Å². The van der Waals surface area contributed by atoms with Gasteiger partial charge in [-0.2, -0.15) is 0 Å². The van der Waals surface area contributed by atoms with Crippen LogP contribution in [0.3, 0.4) is 0 Å². The Morgan fingerprint density at radius 2 is 2.05 bits per heavy atom. The number of nitrogens with one attached hydrogen (secondary N) is 1. The molecule has 1 aliphatic rings. The lowest BCUT2D eigenvalue weighted by Gasteiger charge is -2.17. The smallest absolute Gasteiger partial charge is 0.0669 e. The molecule has 2 nitrogen and oxygen atoms in total. The average Bonchev–Trinajstić information content (AvgIpc) is 2.83. The molecule has 0 saturated carbocycles. The van der Waals surface area contributed by atoms with Crippen LogP contribution in [0.5, 0.6) is 0 Å². The molecular formula is C16H25NOS. The molecule has 2 rings (SSSR count). The molecule has 1 fully saturated rings. The van der Waals surface area contributed by atoms with Crippen LogP contribution in [0.2, 0.25) is 0 Å². The predicted molar refractivity (Wildman–Crippen MR) is 82.8 cm³/mol. The van der Waals surface area contributed by atoms with Crippen LogP contribution in [0.1, 0.15) is 45.2 Å². The zero-order chi connectivity index (χ0) is 13.7. The molecule has 1 aliphatic heterocycles. The molecule has 0 spiro atoms. The summed E-state index contributed by atoms with van der Waals surface area (Å²) in [4.78, 5) is 1.36. The number of hydrogen-bond donors (Lipinski definition) is 1. The normalized spacial score (nSPS) is 24.6. The Bertz CT molecular complexity index is 379. The fourth-order valence-corrected chi connectivity index (χ4v) is 3.69. The first-order valence-electron chi connectivity index (χ1n) is 7.36. The van der Waals surface area contributed by atoms with Gasteiger partial charge in [-0.25, -0.2) is 0 Å². The molecule has 1 heterocycles. The highest BCUT2D eigenvalue weighted by atomic mass is 32.2. The summed E-state index contributed by atoms with van der Waals surface area (Å²) in [5.41, 5.74) is 1.39. The van der Waals surface area contributed by atoms with Gasteiger partial charge in [0.2, 0.25) is 0 Å². The second kappa shape index (κ2) is 7.32. The molecule has 0 aliphatic carbocycles. The molecule has 0 amide bonds. The van der Waals surface area contributed by atoms with Gasteiger partial charge in [-0.15, -0.1) is 11.8 Å². The zero-order valence-corrected chi connectivity index (χ0v) is 13.0. The molecule has 3 atom stereocenters. The maximum Gasteiger partial charge on any atom is 0.0669 e. The van der Waals surface area contributed by atoms with Crippen molar-refractivity contribution in [3.05, 3.63) is 29.8 Å². The molecule has 106 valence electrons. The standard InChI is InChI=1S/C16H25NOS/c1-4-15(17-5-2)13-6-8-14(9-7-13)19-16-10-11-18-12(16)3/h6-9,12,15-17H,4-5,10-11H2,1-3H3. The molecule has 3 heteroatoms. The maximum atomic E-state index is 5.62. The predicted octanol–water partition coefficient (Wildman–Crippen LogP) is 4.02. The minimum Gasteiger partial charge on any atom is -0.377 e. The summed E-state index contributed by atoms with van der Waals surface area (Å²) >= 11 is 1.96. The molecule has 1 N–H and O–H groups in total. The van der Waals surface area contributed by atoms with E-state index in [1.165, 1.54) is 16.9 Å². The Balaban J connectivity index is 1.97. The van der Waals surface area contributed by atoms with Gasteiger partial charge in [-0.3, -0.25) is 0 Å². The number of rotatable bonds is 6. The van der Waals surface area contributed by atoms with Gasteiger partial charge < -0.3 is 10.1 Å². The van der Waals surface area contributed by atoms with E-state index in [-0.39, 0.29) is 0 Å². The van der Waals surface area contributed by atoms with E-state index >= 15 is 0 Å². The SMILES string of the molecule is CCNC(CC)c1ccc(SC2CCOC2C)cc1. The van der Waals surface area contributed by atoms with Gasteiger partial charge in [-0.05, 0) is 44.0 Å². The van der Waals surface area contributed by atoms with Crippen molar-refractivity contribution >= 4 is 11.8 Å². The van der Waals surface area contributed by atoms with E-state index in [9.17, 15) is 0 Å². The van der Waals surface area contributed by atoms with Crippen LogP contribution in [0, 0.1) is 0 Å². The molecule has 1 aromatic rings. The quantitative estimate of drug-likeness (QED) is 0.850. The second-order valence-corrected chi connectivity index (χ2v) is 6.42. The third-order valence-electron chi connectivity index (χ3n) is 3.74. The summed E-state index contributed by atoms with van der Waals surface area (Å²) in [6.45, 7) is 8.50. The van der Waals surface area contributed by atoms with E-state index < -0.39 is 0 Å². The highest BCUT2D eigenvalue weighted by Crippen LogP contribution is 2.33. The van der Waals surface area contributed by atoms with Gasteiger partial charge in [-0.1, -0.05) is 26.0 Å². The lowest BCUT2D eigenvalue weighted by Crippen LogP contribution is -2.19. The molecule has 1 saturated heterocycles. The Kier molecular flexibility index (Phi) is 5.74. The lowest BCUT2D eigenvalue weighted by atomic mass is 10.1. The Morgan fingerprint density at radius 3 is 2.58 bits per heavy atom. The summed E-state index contributed by atoms with van der Waals surface area (Å²) in [6.07, 6.45) is 2.69. The van der Waals surface area contributed by atoms with Crippen molar-refractivity contribution in [2.45, 2.75) is 55.9 Å². The molecule has 0 aromatic heterocycles. The number of ether oxygens (including phenoxy) is 1. The summed E-state index contributed by atoms with van der Waals surface area (Å²) in [5, 5.41) is 4.13. The fourth-order valence-electron chi connectivity index (χ4n) is 2.56. The van der Waals surface area contributed by atoms with E-state index in [1.54, 1.807) is 0 Å². The lowest BCUT2D eigenvalue weighted by molar-refractivity contribution is 0.127. The summed E-state index contributed by atoms with van der Waals surface area (Å²) in [5.74, 6) is 0. The Labute approximate surface area is 121 Å². The van der Waals surface area contributed by atoms with Gasteiger partial charge in [0.05, 0.1) is 6.10 Å². The minimum atomic E-state index is 0.384. The third-order valence-corrected chi connectivity index (χ3v) is 5.20. The highest BCUT2D eigenvalue weighted by Gasteiger charge is 2.24. The molecule has 0 bridgehead atoms. The zero-order valence-electron chi connectivity index (χ0n) is 12.2. The van der Waals surface area contributed by atoms with Gasteiger partial charge in [0.15, 0.2) is 0 Å². The third kappa shape index (κ3) is 3.98. The van der Waals surface area contributed by atoms with Crippen molar-refractivity contribution < 1.29 is 4.74 Å². The van der Waals surface area contributed by atoms with Crippen LogP contribution in [0.25, 0.3) is 0 Å². The van der Waals surface area contributed by atoms with Crippen LogP contribution in [-0.2, 0) is 4.74 Å². The van der Waals surface area contributed by atoms with Crippen LogP contribution in [0.4, 0.5) is 0 Å². The summed E-state index contributed by atoms with van der Waals surface area (Å²) in [6, 6.07) is 9.52. The molecule has 1 aromatic carbocycles. The van der Waals surface area contributed by atoms with Crippen LogP contribution in [-0.4, -0.2) is 24.5 Å².